The van der Waals surface area contributed by atoms with Gasteiger partial charge in [0.1, 0.15) is 0 Å². The SMILES string of the molecule is COc1c([C@@H]2CCCN2[C@H](C)c2nc(C3CC3)no2)c(C)nn1C. The van der Waals surface area contributed by atoms with Crippen LogP contribution in [0, 0.1) is 6.92 Å². The van der Waals surface area contributed by atoms with Crippen molar-refractivity contribution in [2.24, 2.45) is 7.05 Å². The highest BCUT2D eigenvalue weighted by Crippen LogP contribution is 2.43. The van der Waals surface area contributed by atoms with Gasteiger partial charge in [-0.3, -0.25) is 4.90 Å². The maximum atomic E-state index is 5.61. The van der Waals surface area contributed by atoms with Crippen molar-refractivity contribution in [3.8, 4) is 5.88 Å². The molecule has 1 aliphatic heterocycles. The van der Waals surface area contributed by atoms with Crippen molar-refractivity contribution in [1.82, 2.24) is 24.8 Å². The normalized spacial score (nSPS) is 22.9. The minimum absolute atomic E-state index is 0.0989. The van der Waals surface area contributed by atoms with Gasteiger partial charge in [0.05, 0.1) is 24.4 Å². The largest absolute Gasteiger partial charge is 0.481 e. The molecule has 1 aliphatic carbocycles. The zero-order valence-corrected chi connectivity index (χ0v) is 14.8. The van der Waals surface area contributed by atoms with Gasteiger partial charge in [-0.1, -0.05) is 5.16 Å². The lowest BCUT2D eigenvalue weighted by Gasteiger charge is -2.28. The number of nitrogens with zero attached hydrogens (tertiary/aromatic N) is 5. The summed E-state index contributed by atoms with van der Waals surface area (Å²) in [6, 6.07) is 0.377. The molecule has 2 atom stereocenters. The molecular weight excluding hydrogens is 306 g/mol. The average molecular weight is 331 g/mol. The third kappa shape index (κ3) is 2.51. The van der Waals surface area contributed by atoms with E-state index in [9.17, 15) is 0 Å². The fraction of sp³-hybridized carbons (Fsp3) is 0.706. The zero-order chi connectivity index (χ0) is 16.8. The van der Waals surface area contributed by atoms with Crippen LogP contribution in [0.4, 0.5) is 0 Å². The predicted octanol–water partition coefficient (Wildman–Crippen LogP) is 2.90. The minimum atomic E-state index is 0.0989. The second-order valence-corrected chi connectivity index (χ2v) is 6.97. The number of rotatable bonds is 5. The van der Waals surface area contributed by atoms with E-state index in [0.29, 0.717) is 5.92 Å². The molecule has 130 valence electrons. The summed E-state index contributed by atoms with van der Waals surface area (Å²) in [5.41, 5.74) is 2.22. The summed E-state index contributed by atoms with van der Waals surface area (Å²) < 4.78 is 13.0. The van der Waals surface area contributed by atoms with Crippen molar-refractivity contribution < 1.29 is 9.26 Å². The molecule has 2 aromatic rings. The maximum Gasteiger partial charge on any atom is 0.243 e. The van der Waals surface area contributed by atoms with Gasteiger partial charge in [0.2, 0.25) is 11.8 Å². The first-order valence-corrected chi connectivity index (χ1v) is 8.77. The number of likely N-dealkylation sites (tertiary alicyclic amines) is 1. The van der Waals surface area contributed by atoms with Crippen LogP contribution >= 0.6 is 0 Å². The molecule has 7 heteroatoms. The van der Waals surface area contributed by atoms with Crippen LogP contribution < -0.4 is 4.74 Å². The molecule has 2 aromatic heterocycles. The molecule has 0 unspecified atom stereocenters. The summed E-state index contributed by atoms with van der Waals surface area (Å²) in [6.45, 7) is 5.22. The van der Waals surface area contributed by atoms with Gasteiger partial charge >= 0.3 is 0 Å². The highest BCUT2D eigenvalue weighted by atomic mass is 16.5. The van der Waals surface area contributed by atoms with E-state index >= 15 is 0 Å². The molecule has 1 saturated carbocycles. The van der Waals surface area contributed by atoms with Crippen molar-refractivity contribution in [3.05, 3.63) is 23.0 Å². The van der Waals surface area contributed by atoms with E-state index in [1.165, 1.54) is 18.4 Å². The molecule has 0 spiro atoms. The van der Waals surface area contributed by atoms with Gasteiger partial charge in [-0.15, -0.1) is 0 Å². The summed E-state index contributed by atoms with van der Waals surface area (Å²) in [7, 11) is 3.64. The molecule has 3 heterocycles. The second-order valence-electron chi connectivity index (χ2n) is 6.97. The molecule has 2 aliphatic rings. The van der Waals surface area contributed by atoms with Gasteiger partial charge in [-0.2, -0.15) is 10.1 Å². The van der Waals surface area contributed by atoms with Crippen LogP contribution in [0.1, 0.15) is 73.6 Å². The van der Waals surface area contributed by atoms with E-state index in [1.807, 2.05) is 11.7 Å². The van der Waals surface area contributed by atoms with Crippen LogP contribution in [0.5, 0.6) is 5.88 Å². The lowest BCUT2D eigenvalue weighted by Crippen LogP contribution is -2.27. The number of methoxy groups -OCH3 is 1. The molecule has 0 amide bonds. The van der Waals surface area contributed by atoms with E-state index in [0.717, 1.165) is 42.7 Å². The van der Waals surface area contributed by atoms with Crippen molar-refractivity contribution in [3.63, 3.8) is 0 Å². The van der Waals surface area contributed by atoms with Crippen LogP contribution in [0.15, 0.2) is 4.52 Å². The molecule has 2 fully saturated rings. The molecular formula is C17H25N5O2. The Bertz CT molecular complexity index is 733. The van der Waals surface area contributed by atoms with Gasteiger partial charge in [0.25, 0.3) is 0 Å². The summed E-state index contributed by atoms with van der Waals surface area (Å²) >= 11 is 0. The Morgan fingerprint density at radius 1 is 1.29 bits per heavy atom. The zero-order valence-electron chi connectivity index (χ0n) is 14.8. The van der Waals surface area contributed by atoms with E-state index in [-0.39, 0.29) is 12.1 Å². The van der Waals surface area contributed by atoms with Crippen LogP contribution in [0.3, 0.4) is 0 Å². The van der Waals surface area contributed by atoms with Gasteiger partial charge in [0.15, 0.2) is 5.82 Å². The Morgan fingerprint density at radius 3 is 2.79 bits per heavy atom. The second kappa shape index (κ2) is 5.88. The monoisotopic (exact) mass is 331 g/mol. The lowest BCUT2D eigenvalue weighted by atomic mass is 10.0. The van der Waals surface area contributed by atoms with E-state index in [2.05, 4.69) is 34.0 Å². The molecule has 7 nitrogen and oxygen atoms in total. The fourth-order valence-electron chi connectivity index (χ4n) is 3.91. The molecule has 0 aromatic carbocycles. The maximum absolute atomic E-state index is 5.61. The first-order chi connectivity index (χ1) is 11.6. The smallest absolute Gasteiger partial charge is 0.243 e. The van der Waals surface area contributed by atoms with Gasteiger partial charge in [-0.05, 0) is 46.1 Å². The molecule has 4 rings (SSSR count). The number of aromatic nitrogens is 4. The topological polar surface area (TPSA) is 69.2 Å². The standard InChI is InChI=1S/C17H25N5O2/c1-10-14(17(23-4)21(3)19-10)13-6-5-9-22(13)11(2)16-18-15(20-24-16)12-7-8-12/h11-13H,5-9H2,1-4H3/t11-,13+/m1/s1. The van der Waals surface area contributed by atoms with E-state index in [4.69, 9.17) is 9.26 Å². The number of aryl methyl sites for hydroxylation is 2. The number of ether oxygens (including phenoxy) is 1. The highest BCUT2D eigenvalue weighted by Gasteiger charge is 2.37. The van der Waals surface area contributed by atoms with Gasteiger partial charge < -0.3 is 9.26 Å². The summed E-state index contributed by atoms with van der Waals surface area (Å²) in [4.78, 5) is 7.08. The average Bonchev–Trinajstić information content (AvgIpc) is 3.00. The number of hydrogen-bond acceptors (Lipinski definition) is 6. The lowest BCUT2D eigenvalue weighted by molar-refractivity contribution is 0.156. The Morgan fingerprint density at radius 2 is 2.08 bits per heavy atom. The van der Waals surface area contributed by atoms with Crippen molar-refractivity contribution in [2.45, 2.75) is 57.5 Å². The Balaban J connectivity index is 1.62. The molecule has 0 bridgehead atoms. The van der Waals surface area contributed by atoms with Crippen molar-refractivity contribution in [1.29, 1.82) is 0 Å². The Hall–Kier alpha value is -1.89. The van der Waals surface area contributed by atoms with Crippen LogP contribution in [-0.4, -0.2) is 38.5 Å². The quantitative estimate of drug-likeness (QED) is 0.839. The van der Waals surface area contributed by atoms with E-state index < -0.39 is 0 Å². The van der Waals surface area contributed by atoms with E-state index in [1.54, 1.807) is 7.11 Å². The fourth-order valence-corrected chi connectivity index (χ4v) is 3.91. The van der Waals surface area contributed by atoms with Crippen molar-refractivity contribution in [2.75, 3.05) is 13.7 Å². The van der Waals surface area contributed by atoms with Crippen LogP contribution in [0.25, 0.3) is 0 Å². The predicted molar refractivity (Wildman–Crippen MR) is 87.9 cm³/mol. The number of hydrogen-bond donors (Lipinski definition) is 0. The third-order valence-corrected chi connectivity index (χ3v) is 5.29. The molecule has 0 radical (unpaired) electrons. The first-order valence-electron chi connectivity index (χ1n) is 8.77. The van der Waals surface area contributed by atoms with Gasteiger partial charge in [-0.25, -0.2) is 4.68 Å². The third-order valence-electron chi connectivity index (χ3n) is 5.29. The minimum Gasteiger partial charge on any atom is -0.481 e. The van der Waals surface area contributed by atoms with Crippen molar-refractivity contribution >= 4 is 0 Å². The van der Waals surface area contributed by atoms with Crippen LogP contribution in [0.2, 0.25) is 0 Å². The summed E-state index contributed by atoms with van der Waals surface area (Å²) in [5, 5.41) is 8.71. The Labute approximate surface area is 142 Å². The molecule has 1 saturated heterocycles. The summed E-state index contributed by atoms with van der Waals surface area (Å²) in [6.07, 6.45) is 4.62. The summed E-state index contributed by atoms with van der Waals surface area (Å²) in [5.74, 6) is 2.97. The first kappa shape index (κ1) is 15.6. The molecule has 24 heavy (non-hydrogen) atoms. The highest BCUT2D eigenvalue weighted by molar-refractivity contribution is 5.35. The Kier molecular flexibility index (Phi) is 3.83. The molecule has 0 N–H and O–H groups in total. The van der Waals surface area contributed by atoms with Crippen LogP contribution in [-0.2, 0) is 7.05 Å². The van der Waals surface area contributed by atoms with Gasteiger partial charge in [0, 0.05) is 19.0 Å².